The molecule has 3 rings (SSSR count). The van der Waals surface area contributed by atoms with Crippen LogP contribution in [-0.2, 0) is 19.1 Å². The van der Waals surface area contributed by atoms with Crippen LogP contribution >= 0.6 is 0 Å². The van der Waals surface area contributed by atoms with Crippen LogP contribution in [0, 0.1) is 0 Å². The number of rotatable bonds is 3. The zero-order valence-corrected chi connectivity index (χ0v) is 12.6. The molecule has 0 aliphatic carbocycles. The number of likely N-dealkylation sites (tertiary alicyclic amines) is 1. The van der Waals surface area contributed by atoms with Crippen molar-refractivity contribution >= 4 is 23.9 Å². The first-order valence-electron chi connectivity index (χ1n) is 7.27. The minimum Gasteiger partial charge on any atom is -0.466 e. The molecule has 0 aromatic heterocycles. The summed E-state index contributed by atoms with van der Waals surface area (Å²) in [5, 5.41) is 0. The highest BCUT2D eigenvalue weighted by molar-refractivity contribution is 6.02. The summed E-state index contributed by atoms with van der Waals surface area (Å²) < 4.78 is 4.59. The van der Waals surface area contributed by atoms with Crippen molar-refractivity contribution < 1.29 is 19.1 Å². The van der Waals surface area contributed by atoms with Crippen LogP contribution in [-0.4, -0.2) is 34.7 Å². The number of carbonyl (C=O) groups is 3. The molecule has 2 aliphatic rings. The number of fused-ring (bicyclic) bond motifs is 1. The summed E-state index contributed by atoms with van der Waals surface area (Å²) in [7, 11) is 1.29. The predicted molar refractivity (Wildman–Crippen MR) is 82.3 cm³/mol. The van der Waals surface area contributed by atoms with Crippen LogP contribution < -0.4 is 0 Å². The second-order valence-electron chi connectivity index (χ2n) is 5.26. The highest BCUT2D eigenvalue weighted by atomic mass is 16.5. The number of methoxy groups -OCH3 is 1. The fourth-order valence-corrected chi connectivity index (χ4v) is 2.79. The Balaban J connectivity index is 2.02. The van der Waals surface area contributed by atoms with Gasteiger partial charge in [0.15, 0.2) is 0 Å². The van der Waals surface area contributed by atoms with Gasteiger partial charge in [0, 0.05) is 36.9 Å². The summed E-state index contributed by atoms with van der Waals surface area (Å²) in [6.07, 6.45) is 6.24. The summed E-state index contributed by atoms with van der Waals surface area (Å²) in [5.74, 6) is -0.918. The Morgan fingerprint density at radius 2 is 1.91 bits per heavy atom. The fourth-order valence-electron chi connectivity index (χ4n) is 2.79. The topological polar surface area (TPSA) is 66.9 Å². The third kappa shape index (κ3) is 2.75. The van der Waals surface area contributed by atoms with Gasteiger partial charge in [-0.05, 0) is 11.6 Å². The predicted octanol–water partition coefficient (Wildman–Crippen LogP) is 1.81. The van der Waals surface area contributed by atoms with E-state index >= 15 is 0 Å². The lowest BCUT2D eigenvalue weighted by Crippen LogP contribution is -2.41. The van der Waals surface area contributed by atoms with Crippen molar-refractivity contribution in [3.63, 3.8) is 0 Å². The smallest absolute Gasteiger partial charge is 0.331 e. The number of carbonyl (C=O) groups excluding carboxylic acids is 3. The Labute approximate surface area is 133 Å². The Hall–Kier alpha value is -2.89. The van der Waals surface area contributed by atoms with E-state index in [1.54, 1.807) is 11.1 Å². The van der Waals surface area contributed by atoms with Crippen molar-refractivity contribution in [2.45, 2.75) is 19.0 Å². The van der Waals surface area contributed by atoms with Crippen LogP contribution in [0.5, 0.6) is 0 Å². The Morgan fingerprint density at radius 3 is 2.61 bits per heavy atom. The second kappa shape index (κ2) is 6.08. The van der Waals surface area contributed by atoms with E-state index in [1.807, 2.05) is 30.3 Å². The van der Waals surface area contributed by atoms with Crippen molar-refractivity contribution in [1.29, 1.82) is 0 Å². The van der Waals surface area contributed by atoms with Gasteiger partial charge >= 0.3 is 5.97 Å². The van der Waals surface area contributed by atoms with E-state index in [2.05, 4.69) is 4.74 Å². The van der Waals surface area contributed by atoms with Crippen LogP contribution in [0.25, 0.3) is 6.08 Å². The first kappa shape index (κ1) is 15.0. The highest BCUT2D eigenvalue weighted by Gasteiger charge is 2.39. The normalized spacial score (nSPS) is 20.3. The SMILES string of the molecule is COC(=O)/C=C/N1C=Cc2ccccc2C1N1C(=O)CCC1=O. The molecule has 1 saturated heterocycles. The fraction of sp³-hybridized carbons (Fsp3) is 0.235. The largest absolute Gasteiger partial charge is 0.466 e. The Kier molecular flexibility index (Phi) is 3.97. The van der Waals surface area contributed by atoms with Gasteiger partial charge in [-0.15, -0.1) is 0 Å². The molecule has 118 valence electrons. The standard InChI is InChI=1S/C17H16N2O4/c1-23-16(22)9-11-18-10-8-12-4-2-3-5-13(12)17(18)19-14(20)6-7-15(19)21/h2-5,8-11,17H,6-7H2,1H3/b11-9+. The van der Waals surface area contributed by atoms with E-state index in [1.165, 1.54) is 24.3 Å². The number of esters is 1. The molecule has 6 nitrogen and oxygen atoms in total. The molecule has 1 atom stereocenters. The Morgan fingerprint density at radius 1 is 1.22 bits per heavy atom. The van der Waals surface area contributed by atoms with Gasteiger partial charge in [-0.25, -0.2) is 4.79 Å². The van der Waals surface area contributed by atoms with Crippen molar-refractivity contribution in [2.24, 2.45) is 0 Å². The van der Waals surface area contributed by atoms with Gasteiger partial charge in [-0.3, -0.25) is 14.5 Å². The lowest BCUT2D eigenvalue weighted by atomic mass is 10.0. The summed E-state index contributed by atoms with van der Waals surface area (Å²) in [6.45, 7) is 0. The van der Waals surface area contributed by atoms with E-state index in [-0.39, 0.29) is 24.7 Å². The van der Waals surface area contributed by atoms with Crippen molar-refractivity contribution in [3.05, 3.63) is 53.9 Å². The molecule has 0 saturated carbocycles. The number of ether oxygens (including phenoxy) is 1. The molecule has 1 aromatic rings. The van der Waals surface area contributed by atoms with Gasteiger partial charge in [-0.1, -0.05) is 24.3 Å². The maximum atomic E-state index is 12.2. The van der Waals surface area contributed by atoms with Crippen molar-refractivity contribution in [3.8, 4) is 0 Å². The molecule has 2 heterocycles. The van der Waals surface area contributed by atoms with Gasteiger partial charge < -0.3 is 9.64 Å². The van der Waals surface area contributed by atoms with Gasteiger partial charge in [-0.2, -0.15) is 0 Å². The first-order valence-corrected chi connectivity index (χ1v) is 7.27. The quantitative estimate of drug-likeness (QED) is 0.484. The maximum absolute atomic E-state index is 12.2. The van der Waals surface area contributed by atoms with E-state index in [0.29, 0.717) is 0 Å². The second-order valence-corrected chi connectivity index (χ2v) is 5.26. The molecule has 1 fully saturated rings. The molecule has 1 unspecified atom stereocenters. The van der Waals surface area contributed by atoms with Gasteiger partial charge in [0.2, 0.25) is 11.8 Å². The van der Waals surface area contributed by atoms with E-state index < -0.39 is 12.1 Å². The monoisotopic (exact) mass is 312 g/mol. The average Bonchev–Trinajstić information content (AvgIpc) is 2.90. The number of benzene rings is 1. The van der Waals surface area contributed by atoms with E-state index in [4.69, 9.17) is 0 Å². The van der Waals surface area contributed by atoms with E-state index in [0.717, 1.165) is 11.1 Å². The minimum absolute atomic E-state index is 0.207. The van der Waals surface area contributed by atoms with Crippen molar-refractivity contribution in [1.82, 2.24) is 9.80 Å². The van der Waals surface area contributed by atoms with Crippen LogP contribution in [0.2, 0.25) is 0 Å². The molecular formula is C17H16N2O4. The third-order valence-corrected chi connectivity index (χ3v) is 3.90. The Bertz CT molecular complexity index is 707. The molecule has 0 bridgehead atoms. The molecule has 0 radical (unpaired) electrons. The lowest BCUT2D eigenvalue weighted by Gasteiger charge is -2.37. The summed E-state index contributed by atoms with van der Waals surface area (Å²) >= 11 is 0. The minimum atomic E-state index is -0.584. The van der Waals surface area contributed by atoms with E-state index in [9.17, 15) is 14.4 Å². The van der Waals surface area contributed by atoms with Crippen LogP contribution in [0.15, 0.2) is 42.7 Å². The molecule has 2 aliphatic heterocycles. The average molecular weight is 312 g/mol. The molecule has 6 heteroatoms. The maximum Gasteiger partial charge on any atom is 0.331 e. The molecule has 0 N–H and O–H groups in total. The molecular weight excluding hydrogens is 296 g/mol. The lowest BCUT2D eigenvalue weighted by molar-refractivity contribution is -0.144. The molecule has 0 spiro atoms. The highest BCUT2D eigenvalue weighted by Crippen LogP contribution is 2.36. The van der Waals surface area contributed by atoms with Gasteiger partial charge in [0.25, 0.3) is 0 Å². The van der Waals surface area contributed by atoms with Crippen molar-refractivity contribution in [2.75, 3.05) is 7.11 Å². The number of nitrogens with zero attached hydrogens (tertiary/aromatic N) is 2. The zero-order chi connectivity index (χ0) is 16.4. The molecule has 23 heavy (non-hydrogen) atoms. The van der Waals surface area contributed by atoms with Gasteiger partial charge in [0.05, 0.1) is 7.11 Å². The number of imide groups is 1. The molecule has 1 aromatic carbocycles. The molecule has 2 amide bonds. The number of hydrogen-bond acceptors (Lipinski definition) is 5. The third-order valence-electron chi connectivity index (χ3n) is 3.90. The van der Waals surface area contributed by atoms with Gasteiger partial charge in [0.1, 0.15) is 6.17 Å². The zero-order valence-electron chi connectivity index (χ0n) is 12.6. The number of hydrogen-bond donors (Lipinski definition) is 0. The summed E-state index contributed by atoms with van der Waals surface area (Å²) in [5.41, 5.74) is 1.78. The summed E-state index contributed by atoms with van der Waals surface area (Å²) in [6, 6.07) is 7.55. The first-order chi connectivity index (χ1) is 11.1. The number of amides is 2. The van der Waals surface area contributed by atoms with Crippen LogP contribution in [0.4, 0.5) is 0 Å². The summed E-state index contributed by atoms with van der Waals surface area (Å²) in [4.78, 5) is 38.6. The van der Waals surface area contributed by atoms with Crippen LogP contribution in [0.1, 0.15) is 30.1 Å². The van der Waals surface area contributed by atoms with Crippen LogP contribution in [0.3, 0.4) is 0 Å².